The van der Waals surface area contributed by atoms with E-state index in [0.29, 0.717) is 12.8 Å². The van der Waals surface area contributed by atoms with Gasteiger partial charge in [-0.2, -0.15) is 22.0 Å². The number of aliphatic hydroxyl groups is 2. The summed E-state index contributed by atoms with van der Waals surface area (Å²) in [5.74, 6) is -4.94. The van der Waals surface area contributed by atoms with E-state index >= 15 is 0 Å². The van der Waals surface area contributed by atoms with Crippen molar-refractivity contribution in [1.29, 1.82) is 0 Å². The van der Waals surface area contributed by atoms with Crippen molar-refractivity contribution in [1.82, 2.24) is 0 Å². The van der Waals surface area contributed by atoms with Crippen LogP contribution in [-0.4, -0.2) is 34.5 Å². The van der Waals surface area contributed by atoms with E-state index in [1.165, 1.54) is 0 Å². The smallest absolute Gasteiger partial charge is 0.396 e. The molecule has 0 aliphatic heterocycles. The normalized spacial score (nSPS) is 15.3. The van der Waals surface area contributed by atoms with Gasteiger partial charge in [0.1, 0.15) is 0 Å². The molecule has 0 spiro atoms. The zero-order valence-corrected chi connectivity index (χ0v) is 13.3. The average molecular weight is 354 g/mol. The fourth-order valence-corrected chi connectivity index (χ4v) is 2.58. The molecule has 0 aliphatic rings. The lowest BCUT2D eigenvalue weighted by atomic mass is 9.84. The molecule has 1 aromatic carbocycles. The number of unbranched alkanes of at least 4 members (excludes halogenated alkanes) is 2. The zero-order valence-electron chi connectivity index (χ0n) is 13.3. The lowest BCUT2D eigenvalue weighted by molar-refractivity contribution is -0.297. The van der Waals surface area contributed by atoms with Gasteiger partial charge in [-0.15, -0.1) is 0 Å². The molecule has 7 heteroatoms. The van der Waals surface area contributed by atoms with E-state index in [2.05, 4.69) is 0 Å². The molecule has 1 atom stereocenters. The lowest BCUT2D eigenvalue weighted by Gasteiger charge is -2.33. The Labute approximate surface area is 138 Å². The Hall–Kier alpha value is -1.21. The van der Waals surface area contributed by atoms with Crippen LogP contribution >= 0.6 is 0 Å². The Balaban J connectivity index is 2.77. The van der Waals surface area contributed by atoms with E-state index in [-0.39, 0.29) is 32.3 Å². The fourth-order valence-electron chi connectivity index (χ4n) is 2.58. The summed E-state index contributed by atoms with van der Waals surface area (Å²) in [4.78, 5) is 0. The molecule has 2 nitrogen and oxygen atoms in total. The molecule has 0 bridgehead atoms. The van der Waals surface area contributed by atoms with Crippen molar-refractivity contribution < 1.29 is 32.2 Å². The van der Waals surface area contributed by atoms with Crippen LogP contribution in [-0.2, 0) is 6.42 Å². The number of aliphatic hydroxyl groups excluding tert-OH is 1. The van der Waals surface area contributed by atoms with Crippen molar-refractivity contribution >= 4 is 0 Å². The van der Waals surface area contributed by atoms with Crippen LogP contribution in [0.5, 0.6) is 0 Å². The first kappa shape index (κ1) is 20.8. The first-order chi connectivity index (χ1) is 11.1. The molecular formula is C17H23F5O2. The van der Waals surface area contributed by atoms with Gasteiger partial charge < -0.3 is 10.2 Å². The molecule has 2 N–H and O–H groups in total. The van der Waals surface area contributed by atoms with E-state index < -0.39 is 24.1 Å². The number of hydrogen-bond donors (Lipinski definition) is 2. The summed E-state index contributed by atoms with van der Waals surface area (Å²) in [5, 5.41) is 19.1. The molecule has 1 unspecified atom stereocenters. The second-order valence-corrected chi connectivity index (χ2v) is 6.12. The Morgan fingerprint density at radius 1 is 0.833 bits per heavy atom. The van der Waals surface area contributed by atoms with Crippen LogP contribution < -0.4 is 0 Å². The monoisotopic (exact) mass is 354 g/mol. The summed E-state index contributed by atoms with van der Waals surface area (Å²) in [6, 6.07) is 8.70. The molecule has 0 amide bonds. The minimum Gasteiger partial charge on any atom is -0.396 e. The Kier molecular flexibility index (Phi) is 7.60. The maximum Gasteiger partial charge on any atom is 0.453 e. The van der Waals surface area contributed by atoms with Crippen LogP contribution in [0, 0.1) is 0 Å². The van der Waals surface area contributed by atoms with E-state index in [0.717, 1.165) is 5.56 Å². The molecule has 0 saturated carbocycles. The van der Waals surface area contributed by atoms with Crippen molar-refractivity contribution in [3.05, 3.63) is 35.9 Å². The highest BCUT2D eigenvalue weighted by Crippen LogP contribution is 2.43. The van der Waals surface area contributed by atoms with Crippen LogP contribution in [0.25, 0.3) is 0 Å². The van der Waals surface area contributed by atoms with Crippen LogP contribution in [0.15, 0.2) is 30.3 Å². The van der Waals surface area contributed by atoms with Gasteiger partial charge in [-0.1, -0.05) is 43.2 Å². The lowest BCUT2D eigenvalue weighted by Crippen LogP contribution is -2.45. The first-order valence-corrected chi connectivity index (χ1v) is 7.91. The summed E-state index contributed by atoms with van der Waals surface area (Å²) < 4.78 is 64.2. The van der Waals surface area contributed by atoms with Crippen LogP contribution in [0.2, 0.25) is 0 Å². The Morgan fingerprint density at radius 2 is 1.46 bits per heavy atom. The number of aryl methyl sites for hydroxylation is 1. The molecule has 24 heavy (non-hydrogen) atoms. The molecule has 0 saturated heterocycles. The standard InChI is InChI=1S/C17H23F5O2/c18-16(19,17(20,21)22)13-15(24,10-5-2-6-12-23)11-9-14-7-3-1-4-8-14/h1,3-4,7-8,23-24H,2,5-6,9-13H2. The second kappa shape index (κ2) is 8.76. The van der Waals surface area contributed by atoms with Gasteiger partial charge in [-0.05, 0) is 31.2 Å². The third-order valence-electron chi connectivity index (χ3n) is 3.99. The van der Waals surface area contributed by atoms with Crippen molar-refractivity contribution in [2.45, 2.75) is 62.6 Å². The second-order valence-electron chi connectivity index (χ2n) is 6.12. The predicted molar refractivity (Wildman–Crippen MR) is 80.9 cm³/mol. The largest absolute Gasteiger partial charge is 0.453 e. The summed E-state index contributed by atoms with van der Waals surface area (Å²) in [5.41, 5.74) is -1.34. The molecule has 1 rings (SSSR count). The Morgan fingerprint density at radius 3 is 2.00 bits per heavy atom. The minimum absolute atomic E-state index is 0.0822. The number of alkyl halides is 5. The van der Waals surface area contributed by atoms with Gasteiger partial charge in [0.05, 0.1) is 5.60 Å². The predicted octanol–water partition coefficient (Wildman–Crippen LogP) is 4.49. The van der Waals surface area contributed by atoms with E-state index in [4.69, 9.17) is 5.11 Å². The quantitative estimate of drug-likeness (QED) is 0.480. The molecule has 0 aromatic heterocycles. The summed E-state index contributed by atoms with van der Waals surface area (Å²) in [7, 11) is 0. The topological polar surface area (TPSA) is 40.5 Å². The van der Waals surface area contributed by atoms with Crippen LogP contribution in [0.4, 0.5) is 22.0 Å². The van der Waals surface area contributed by atoms with Crippen LogP contribution in [0.3, 0.4) is 0 Å². The van der Waals surface area contributed by atoms with Gasteiger partial charge in [0.15, 0.2) is 0 Å². The van der Waals surface area contributed by atoms with E-state index in [9.17, 15) is 27.1 Å². The van der Waals surface area contributed by atoms with Crippen molar-refractivity contribution in [2.75, 3.05) is 6.61 Å². The van der Waals surface area contributed by atoms with Gasteiger partial charge in [0.2, 0.25) is 0 Å². The van der Waals surface area contributed by atoms with Crippen molar-refractivity contribution in [2.24, 2.45) is 0 Å². The molecule has 0 aliphatic carbocycles. The average Bonchev–Trinajstić information content (AvgIpc) is 2.49. The van der Waals surface area contributed by atoms with Gasteiger partial charge in [-0.3, -0.25) is 0 Å². The van der Waals surface area contributed by atoms with E-state index in [1.54, 1.807) is 30.3 Å². The zero-order chi connectivity index (χ0) is 18.3. The highest BCUT2D eigenvalue weighted by molar-refractivity contribution is 5.15. The molecule has 138 valence electrons. The van der Waals surface area contributed by atoms with Gasteiger partial charge in [-0.25, -0.2) is 0 Å². The maximum absolute atomic E-state index is 13.4. The number of rotatable bonds is 10. The van der Waals surface area contributed by atoms with Gasteiger partial charge in [0, 0.05) is 13.0 Å². The molecular weight excluding hydrogens is 331 g/mol. The summed E-state index contributed by atoms with van der Waals surface area (Å²) in [6.45, 7) is -0.0822. The summed E-state index contributed by atoms with van der Waals surface area (Å²) >= 11 is 0. The SMILES string of the molecule is OCCCCCC(O)(CCc1ccccc1)CC(F)(F)C(F)(F)F. The van der Waals surface area contributed by atoms with Gasteiger partial charge >= 0.3 is 12.1 Å². The highest BCUT2D eigenvalue weighted by Gasteiger charge is 2.60. The first-order valence-electron chi connectivity index (χ1n) is 7.91. The third kappa shape index (κ3) is 6.73. The maximum atomic E-state index is 13.4. The Bertz CT molecular complexity index is 476. The minimum atomic E-state index is -5.68. The molecule has 0 heterocycles. The fraction of sp³-hybridized carbons (Fsp3) is 0.647. The highest BCUT2D eigenvalue weighted by atomic mass is 19.4. The molecule has 0 radical (unpaired) electrons. The molecule has 0 fully saturated rings. The summed E-state index contributed by atoms with van der Waals surface area (Å²) in [6.07, 6.45) is -6.29. The number of benzene rings is 1. The van der Waals surface area contributed by atoms with Crippen LogP contribution in [0.1, 0.15) is 44.1 Å². The van der Waals surface area contributed by atoms with Crippen molar-refractivity contribution in [3.8, 4) is 0 Å². The van der Waals surface area contributed by atoms with Crippen molar-refractivity contribution in [3.63, 3.8) is 0 Å². The third-order valence-corrected chi connectivity index (χ3v) is 3.99. The van der Waals surface area contributed by atoms with Gasteiger partial charge in [0.25, 0.3) is 0 Å². The number of halogens is 5. The van der Waals surface area contributed by atoms with E-state index in [1.807, 2.05) is 0 Å². The molecule has 1 aromatic rings. The number of hydrogen-bond acceptors (Lipinski definition) is 2.